The van der Waals surface area contributed by atoms with E-state index in [-0.39, 0.29) is 6.04 Å². The first-order chi connectivity index (χ1) is 22.3. The van der Waals surface area contributed by atoms with Crippen LogP contribution in [-0.4, -0.2) is 15.5 Å². The number of benzene rings is 4. The van der Waals surface area contributed by atoms with Gasteiger partial charge in [-0.1, -0.05) is 85.0 Å². The van der Waals surface area contributed by atoms with Crippen molar-refractivity contribution in [2.75, 3.05) is 0 Å². The number of hydrogen-bond acceptors (Lipinski definition) is 2. The zero-order chi connectivity index (χ0) is 29.7. The second-order valence-electron chi connectivity index (χ2n) is 12.0. The summed E-state index contributed by atoms with van der Waals surface area (Å²) >= 11 is 0. The van der Waals surface area contributed by atoms with Crippen molar-refractivity contribution in [3.8, 4) is 11.4 Å². The van der Waals surface area contributed by atoms with Gasteiger partial charge in [0.1, 0.15) is 0 Å². The zero-order valence-electron chi connectivity index (χ0n) is 24.9. The van der Waals surface area contributed by atoms with Crippen molar-refractivity contribution in [3.63, 3.8) is 0 Å². The summed E-state index contributed by atoms with van der Waals surface area (Å²) in [6, 6.07) is 35.1. The van der Waals surface area contributed by atoms with Gasteiger partial charge in [0.2, 0.25) is 0 Å². The van der Waals surface area contributed by atoms with Crippen LogP contribution in [0, 0.1) is 0 Å². The molecule has 9 rings (SSSR count). The molecular formula is C41H32N4. The van der Waals surface area contributed by atoms with Gasteiger partial charge in [-0.15, -0.1) is 0 Å². The Morgan fingerprint density at radius 2 is 1.40 bits per heavy atom. The summed E-state index contributed by atoms with van der Waals surface area (Å²) < 4.78 is 4.81. The van der Waals surface area contributed by atoms with Crippen LogP contribution >= 0.6 is 0 Å². The number of nitrogens with one attached hydrogen (secondary N) is 1. The molecule has 4 heteroatoms. The molecule has 45 heavy (non-hydrogen) atoms. The van der Waals surface area contributed by atoms with Crippen LogP contribution in [-0.2, 0) is 12.8 Å². The van der Waals surface area contributed by atoms with E-state index in [0.717, 1.165) is 41.8 Å². The normalized spacial score (nSPS) is 16.8. The fourth-order valence-corrected chi connectivity index (χ4v) is 7.33. The fraction of sp³-hybridized carbons (Fsp3) is 0.0976. The summed E-state index contributed by atoms with van der Waals surface area (Å²) in [6.45, 7) is 0. The molecule has 1 N–H and O–H groups in total. The molecule has 0 saturated heterocycles. The van der Waals surface area contributed by atoms with E-state index in [2.05, 4.69) is 154 Å². The molecule has 4 aromatic carbocycles. The molecule has 0 spiro atoms. The molecule has 3 aliphatic rings. The van der Waals surface area contributed by atoms with Crippen molar-refractivity contribution in [2.24, 2.45) is 4.99 Å². The van der Waals surface area contributed by atoms with E-state index in [1.807, 2.05) is 6.34 Å². The Labute approximate surface area is 262 Å². The minimum atomic E-state index is -0.0920. The van der Waals surface area contributed by atoms with E-state index >= 15 is 0 Å². The van der Waals surface area contributed by atoms with Gasteiger partial charge in [0, 0.05) is 33.5 Å². The van der Waals surface area contributed by atoms with Gasteiger partial charge >= 0.3 is 0 Å². The van der Waals surface area contributed by atoms with Crippen molar-refractivity contribution in [3.05, 3.63) is 161 Å². The van der Waals surface area contributed by atoms with Crippen molar-refractivity contribution >= 4 is 46.0 Å². The topological polar surface area (TPSA) is 34.2 Å². The molecule has 4 nitrogen and oxygen atoms in total. The quantitative estimate of drug-likeness (QED) is 0.221. The highest BCUT2D eigenvalue weighted by atomic mass is 15.0. The predicted octanol–water partition coefficient (Wildman–Crippen LogP) is 9.37. The Hall–Kier alpha value is -5.61. The van der Waals surface area contributed by atoms with Crippen molar-refractivity contribution < 1.29 is 0 Å². The molecule has 0 saturated carbocycles. The lowest BCUT2D eigenvalue weighted by Crippen LogP contribution is -2.16. The molecule has 6 aromatic rings. The first-order valence-corrected chi connectivity index (χ1v) is 15.8. The van der Waals surface area contributed by atoms with Gasteiger partial charge < -0.3 is 14.5 Å². The van der Waals surface area contributed by atoms with E-state index < -0.39 is 0 Å². The van der Waals surface area contributed by atoms with Gasteiger partial charge in [-0.3, -0.25) is 4.99 Å². The lowest BCUT2D eigenvalue weighted by atomic mass is 10.0. The molecular weight excluding hydrogens is 548 g/mol. The Balaban J connectivity index is 1.10. The number of para-hydroxylation sites is 2. The van der Waals surface area contributed by atoms with Crippen LogP contribution in [0.1, 0.15) is 46.1 Å². The highest BCUT2D eigenvalue weighted by Crippen LogP contribution is 2.36. The number of allylic oxidation sites excluding steroid dienone is 4. The first-order valence-electron chi connectivity index (χ1n) is 15.8. The summed E-state index contributed by atoms with van der Waals surface area (Å²) in [5.41, 5.74) is 13.5. The Kier molecular flexibility index (Phi) is 6.05. The highest BCUT2D eigenvalue weighted by Gasteiger charge is 2.21. The van der Waals surface area contributed by atoms with Gasteiger partial charge in [0.05, 0.1) is 29.1 Å². The summed E-state index contributed by atoms with van der Waals surface area (Å²) in [6.07, 6.45) is 20.6. The van der Waals surface area contributed by atoms with Crippen molar-refractivity contribution in [2.45, 2.75) is 25.3 Å². The SMILES string of the molecule is C1=CCc2c(n(-c3cccc(C4C=C(c5cccc(-n6c7c(c8ccccc86)CCC=C7)c5)NC=N4)c3)c3ccccc23)C=C1. The molecule has 2 aromatic heterocycles. The molecule has 1 aliphatic heterocycles. The lowest BCUT2D eigenvalue weighted by molar-refractivity contribution is 0.887. The van der Waals surface area contributed by atoms with Crippen LogP contribution in [0.4, 0.5) is 0 Å². The third-order valence-corrected chi connectivity index (χ3v) is 9.37. The molecule has 0 radical (unpaired) electrons. The number of aromatic nitrogens is 2. The molecule has 1 atom stereocenters. The summed E-state index contributed by atoms with van der Waals surface area (Å²) in [5.74, 6) is 0. The van der Waals surface area contributed by atoms with Gasteiger partial charge in [0.15, 0.2) is 0 Å². The third kappa shape index (κ3) is 4.25. The Morgan fingerprint density at radius 1 is 0.667 bits per heavy atom. The Morgan fingerprint density at radius 3 is 2.24 bits per heavy atom. The van der Waals surface area contributed by atoms with Crippen LogP contribution in [0.15, 0.2) is 132 Å². The Bertz CT molecular complexity index is 2280. The first kappa shape index (κ1) is 25.8. The monoisotopic (exact) mass is 580 g/mol. The average molecular weight is 581 g/mol. The van der Waals surface area contributed by atoms with E-state index in [9.17, 15) is 0 Å². The molecule has 1 unspecified atom stereocenters. The second kappa shape index (κ2) is 10.5. The summed E-state index contributed by atoms with van der Waals surface area (Å²) in [7, 11) is 0. The summed E-state index contributed by atoms with van der Waals surface area (Å²) in [4.78, 5) is 4.87. The molecule has 216 valence electrons. The van der Waals surface area contributed by atoms with E-state index in [1.54, 1.807) is 0 Å². The van der Waals surface area contributed by atoms with Crippen molar-refractivity contribution in [1.82, 2.24) is 14.5 Å². The van der Waals surface area contributed by atoms with Gasteiger partial charge in [-0.2, -0.15) is 0 Å². The second-order valence-corrected chi connectivity index (χ2v) is 12.0. The minimum Gasteiger partial charge on any atom is -0.346 e. The zero-order valence-corrected chi connectivity index (χ0v) is 24.9. The van der Waals surface area contributed by atoms with E-state index in [4.69, 9.17) is 4.99 Å². The smallest absolute Gasteiger partial charge is 0.0971 e. The molecule has 3 heterocycles. The molecule has 2 aliphatic carbocycles. The van der Waals surface area contributed by atoms with Gasteiger partial charge in [0.25, 0.3) is 0 Å². The number of fused-ring (bicyclic) bond motifs is 6. The van der Waals surface area contributed by atoms with Crippen LogP contribution in [0.25, 0.3) is 51.0 Å². The molecule has 0 amide bonds. The summed E-state index contributed by atoms with van der Waals surface area (Å²) in [5, 5.41) is 6.11. The highest BCUT2D eigenvalue weighted by molar-refractivity contribution is 5.92. The minimum absolute atomic E-state index is 0.0920. The lowest BCUT2D eigenvalue weighted by Gasteiger charge is -2.20. The molecule has 0 fully saturated rings. The van der Waals surface area contributed by atoms with Gasteiger partial charge in [-0.05, 0) is 96.1 Å². The molecule has 0 bridgehead atoms. The number of rotatable bonds is 4. The van der Waals surface area contributed by atoms with E-state index in [0.29, 0.717) is 0 Å². The average Bonchev–Trinajstić information content (AvgIpc) is 3.49. The largest absolute Gasteiger partial charge is 0.346 e. The number of aryl methyl sites for hydroxylation is 1. The maximum atomic E-state index is 4.87. The number of nitrogens with zero attached hydrogens (tertiary/aromatic N) is 3. The van der Waals surface area contributed by atoms with Crippen LogP contribution in [0.3, 0.4) is 0 Å². The number of hydrogen-bond donors (Lipinski definition) is 1. The fourth-order valence-electron chi connectivity index (χ4n) is 7.33. The third-order valence-electron chi connectivity index (χ3n) is 9.37. The van der Waals surface area contributed by atoms with Crippen LogP contribution in [0.2, 0.25) is 0 Å². The maximum absolute atomic E-state index is 4.87. The predicted molar refractivity (Wildman–Crippen MR) is 188 cm³/mol. The maximum Gasteiger partial charge on any atom is 0.0971 e. The van der Waals surface area contributed by atoms with Gasteiger partial charge in [-0.25, -0.2) is 0 Å². The van der Waals surface area contributed by atoms with Crippen LogP contribution < -0.4 is 5.32 Å². The van der Waals surface area contributed by atoms with E-state index in [1.165, 1.54) is 50.0 Å². The number of aliphatic imine (C=N–C) groups is 1. The van der Waals surface area contributed by atoms with Crippen molar-refractivity contribution in [1.29, 1.82) is 0 Å². The standard InChI is InChI=1S/C41H32N4/c1-2-16-32-33-17-4-7-21-39(33)44(38(32)20-3-1)30-14-10-12-28(24-30)36-26-37(43-27-42-36)29-13-11-15-31(25-29)45-40-22-8-5-18-34(40)35-19-6-9-23-41(35)45/h1-5,7-15,17-18,20-27,36H,6,16,19H2,(H,42,43). The van der Waals surface area contributed by atoms with Crippen LogP contribution in [0.5, 0.6) is 0 Å².